The van der Waals surface area contributed by atoms with Gasteiger partial charge in [0.1, 0.15) is 18.1 Å². The molecule has 1 saturated heterocycles. The van der Waals surface area contributed by atoms with E-state index in [4.69, 9.17) is 14.5 Å². The molecule has 192 valence electrons. The van der Waals surface area contributed by atoms with Crippen LogP contribution in [0, 0.1) is 0 Å². The topological polar surface area (TPSA) is 123 Å². The lowest BCUT2D eigenvalue weighted by atomic mass is 9.99. The van der Waals surface area contributed by atoms with Gasteiger partial charge in [-0.3, -0.25) is 14.4 Å². The molecule has 0 saturated carbocycles. The number of benzene rings is 1. The second-order valence-corrected chi connectivity index (χ2v) is 9.96. The van der Waals surface area contributed by atoms with Gasteiger partial charge >= 0.3 is 0 Å². The molecule has 0 radical (unpaired) electrons. The smallest absolute Gasteiger partial charge is 0.251 e. The fraction of sp³-hybridized carbons (Fsp3) is 0.346. The molecule has 11 heteroatoms. The van der Waals surface area contributed by atoms with Crippen molar-refractivity contribution < 1.29 is 23.9 Å². The highest BCUT2D eigenvalue weighted by molar-refractivity contribution is 7.14. The Morgan fingerprint density at radius 3 is 2.70 bits per heavy atom. The van der Waals surface area contributed by atoms with Crippen LogP contribution in [0.1, 0.15) is 40.1 Å². The Labute approximate surface area is 218 Å². The van der Waals surface area contributed by atoms with E-state index in [9.17, 15) is 14.4 Å². The summed E-state index contributed by atoms with van der Waals surface area (Å²) >= 11 is 1.28. The number of hydrogen-bond donors (Lipinski definition) is 2. The first-order valence-corrected chi connectivity index (χ1v) is 12.9. The standard InChI is InChI=1S/C26H27N5O5S/c1-15-10-31(11-16(2)36-15)23-5-3-4-20(28-23)21-14-37-26(29-21)30-24(33)9-27-25(34)17-6-7-18-12-35-13-22(32)19(18)8-17/h3-8,14-16H,9-13H2,1-2H3,(H,27,34)(H,29,30,33). The number of morpholine rings is 1. The van der Waals surface area contributed by atoms with E-state index in [2.05, 4.69) is 20.5 Å². The van der Waals surface area contributed by atoms with Crippen LogP contribution in [0.15, 0.2) is 41.8 Å². The first kappa shape index (κ1) is 25.0. The lowest BCUT2D eigenvalue weighted by Gasteiger charge is -2.36. The van der Waals surface area contributed by atoms with Gasteiger partial charge in [-0.05, 0) is 43.7 Å². The van der Waals surface area contributed by atoms with Crippen molar-refractivity contribution in [1.29, 1.82) is 0 Å². The van der Waals surface area contributed by atoms with Crippen LogP contribution in [-0.4, -0.2) is 66.0 Å². The van der Waals surface area contributed by atoms with Gasteiger partial charge in [-0.25, -0.2) is 9.97 Å². The lowest BCUT2D eigenvalue weighted by molar-refractivity contribution is -0.115. The van der Waals surface area contributed by atoms with E-state index in [0.29, 0.717) is 34.3 Å². The molecule has 1 fully saturated rings. The number of carbonyl (C=O) groups excluding carboxylic acids is 3. The van der Waals surface area contributed by atoms with Crippen LogP contribution in [0.25, 0.3) is 11.4 Å². The molecule has 0 bridgehead atoms. The zero-order valence-electron chi connectivity index (χ0n) is 20.5. The van der Waals surface area contributed by atoms with Gasteiger partial charge < -0.3 is 25.0 Å². The van der Waals surface area contributed by atoms with Crippen molar-refractivity contribution in [3.8, 4) is 11.4 Å². The van der Waals surface area contributed by atoms with E-state index >= 15 is 0 Å². The lowest BCUT2D eigenvalue weighted by Crippen LogP contribution is -2.45. The number of hydrogen-bond acceptors (Lipinski definition) is 9. The maximum atomic E-state index is 12.5. The highest BCUT2D eigenvalue weighted by Gasteiger charge is 2.24. The number of rotatable bonds is 6. The maximum Gasteiger partial charge on any atom is 0.251 e. The van der Waals surface area contributed by atoms with E-state index < -0.39 is 11.8 Å². The van der Waals surface area contributed by atoms with Crippen LogP contribution in [0.4, 0.5) is 10.9 Å². The Morgan fingerprint density at radius 1 is 1.08 bits per heavy atom. The van der Waals surface area contributed by atoms with Crippen molar-refractivity contribution in [3.05, 3.63) is 58.5 Å². The van der Waals surface area contributed by atoms with Crippen LogP contribution in [0.5, 0.6) is 0 Å². The van der Waals surface area contributed by atoms with Crippen LogP contribution in [-0.2, 0) is 20.9 Å². The van der Waals surface area contributed by atoms with Crippen LogP contribution >= 0.6 is 11.3 Å². The van der Waals surface area contributed by atoms with Crippen LogP contribution in [0.3, 0.4) is 0 Å². The third-order valence-electron chi connectivity index (χ3n) is 6.06. The summed E-state index contributed by atoms with van der Waals surface area (Å²) in [5.41, 5.74) is 2.91. The fourth-order valence-electron chi connectivity index (χ4n) is 4.42. The van der Waals surface area contributed by atoms with Gasteiger partial charge in [0, 0.05) is 29.6 Å². The van der Waals surface area contributed by atoms with Crippen molar-refractivity contribution >= 4 is 39.9 Å². The van der Waals surface area contributed by atoms with E-state index in [0.717, 1.165) is 24.5 Å². The van der Waals surface area contributed by atoms with Gasteiger partial charge in [-0.15, -0.1) is 11.3 Å². The summed E-state index contributed by atoms with van der Waals surface area (Å²) in [4.78, 5) is 48.4. The maximum absolute atomic E-state index is 12.5. The molecule has 2 N–H and O–H groups in total. The highest BCUT2D eigenvalue weighted by atomic mass is 32.1. The fourth-order valence-corrected chi connectivity index (χ4v) is 5.14. The van der Waals surface area contributed by atoms with E-state index in [1.807, 2.05) is 37.4 Å². The Hall–Kier alpha value is -3.67. The quantitative estimate of drug-likeness (QED) is 0.508. The monoisotopic (exact) mass is 521 g/mol. The number of thiazole rings is 1. The molecule has 10 nitrogen and oxygen atoms in total. The number of anilines is 2. The van der Waals surface area contributed by atoms with Crippen molar-refractivity contribution in [1.82, 2.24) is 15.3 Å². The first-order valence-electron chi connectivity index (χ1n) is 12.0. The third-order valence-corrected chi connectivity index (χ3v) is 6.82. The molecule has 0 aliphatic carbocycles. The predicted molar refractivity (Wildman–Crippen MR) is 139 cm³/mol. The molecule has 4 heterocycles. The van der Waals surface area contributed by atoms with Gasteiger partial charge in [-0.2, -0.15) is 0 Å². The van der Waals surface area contributed by atoms with Gasteiger partial charge in [0.25, 0.3) is 5.91 Å². The minimum Gasteiger partial charge on any atom is -0.372 e. The zero-order valence-corrected chi connectivity index (χ0v) is 21.3. The number of ether oxygens (including phenoxy) is 2. The number of nitrogens with zero attached hydrogens (tertiary/aromatic N) is 3. The highest BCUT2D eigenvalue weighted by Crippen LogP contribution is 2.26. The summed E-state index contributed by atoms with van der Waals surface area (Å²) in [5.74, 6) is -0.154. The number of carbonyl (C=O) groups is 3. The molecular weight excluding hydrogens is 494 g/mol. The molecule has 0 spiro atoms. The summed E-state index contributed by atoms with van der Waals surface area (Å²) in [6.07, 6.45) is 0.250. The van der Waals surface area contributed by atoms with Gasteiger partial charge in [0.05, 0.1) is 31.1 Å². The molecule has 2 amide bonds. The molecule has 5 rings (SSSR count). The first-order chi connectivity index (χ1) is 17.9. The van der Waals surface area contributed by atoms with Gasteiger partial charge in [0.15, 0.2) is 10.9 Å². The number of nitrogens with one attached hydrogen (secondary N) is 2. The van der Waals surface area contributed by atoms with Gasteiger partial charge in [-0.1, -0.05) is 12.1 Å². The summed E-state index contributed by atoms with van der Waals surface area (Å²) in [5, 5.41) is 7.54. The molecule has 2 unspecified atom stereocenters. The Morgan fingerprint density at radius 2 is 1.89 bits per heavy atom. The average Bonchev–Trinajstić information content (AvgIpc) is 3.35. The minimum absolute atomic E-state index is 0.00171. The Kier molecular flexibility index (Phi) is 7.26. The minimum atomic E-state index is -0.440. The van der Waals surface area contributed by atoms with Crippen molar-refractivity contribution in [2.45, 2.75) is 32.7 Å². The molecule has 2 aliphatic rings. The number of ketones is 1. The second-order valence-electron chi connectivity index (χ2n) is 9.10. The molecule has 3 aromatic rings. The Bertz CT molecular complexity index is 1330. The summed E-state index contributed by atoms with van der Waals surface area (Å²) in [6.45, 7) is 5.74. The van der Waals surface area contributed by atoms with Gasteiger partial charge in [0.2, 0.25) is 5.91 Å². The predicted octanol–water partition coefficient (Wildman–Crippen LogP) is 2.90. The number of pyridine rings is 1. The molecule has 2 aliphatic heterocycles. The normalized spacial score (nSPS) is 19.3. The number of Topliss-reactive ketones (excluding diaryl/α,β-unsaturated/α-hetero) is 1. The molecule has 37 heavy (non-hydrogen) atoms. The van der Waals surface area contributed by atoms with E-state index in [-0.39, 0.29) is 31.1 Å². The van der Waals surface area contributed by atoms with E-state index in [1.165, 1.54) is 11.3 Å². The summed E-state index contributed by atoms with van der Waals surface area (Å²) in [6, 6.07) is 10.6. The van der Waals surface area contributed by atoms with Crippen LogP contribution in [0.2, 0.25) is 0 Å². The number of aromatic nitrogens is 2. The zero-order chi connectivity index (χ0) is 25.9. The Balaban J connectivity index is 1.18. The van der Waals surface area contributed by atoms with Crippen molar-refractivity contribution in [2.24, 2.45) is 0 Å². The number of amides is 2. The third kappa shape index (κ3) is 5.85. The summed E-state index contributed by atoms with van der Waals surface area (Å²) in [7, 11) is 0. The van der Waals surface area contributed by atoms with Crippen molar-refractivity contribution in [2.75, 3.05) is 36.5 Å². The second kappa shape index (κ2) is 10.8. The van der Waals surface area contributed by atoms with E-state index in [1.54, 1.807) is 18.2 Å². The van der Waals surface area contributed by atoms with Crippen molar-refractivity contribution in [3.63, 3.8) is 0 Å². The molecular formula is C26H27N5O5S. The molecule has 2 aromatic heterocycles. The summed E-state index contributed by atoms with van der Waals surface area (Å²) < 4.78 is 11.0. The van der Waals surface area contributed by atoms with Crippen LogP contribution < -0.4 is 15.5 Å². The molecule has 2 atom stereocenters. The largest absolute Gasteiger partial charge is 0.372 e. The SMILES string of the molecule is CC1CN(c2cccc(-c3csc(NC(=O)CNC(=O)c4ccc5c(c4)C(=O)COC5)n3)n2)CC(C)O1. The molecule has 1 aromatic carbocycles. The average molecular weight is 522 g/mol. The number of fused-ring (bicyclic) bond motifs is 1.